The number of nitrogens with zero attached hydrogens (tertiary/aromatic N) is 4. The molecular weight excluding hydrogens is 569 g/mol. The molecule has 0 amide bonds. The topological polar surface area (TPSA) is 51.6 Å². The third kappa shape index (κ3) is 4.53. The standard InChI is InChI=1S/C40H24N4S/c1-2-9-27(10-3-1)37-31-13-4-5-14-33(31)42-39(44-37)30-12-8-11-28(23-30)25-17-19-26(20-18-25)29-21-22-32-36(24-29)45-40-38(32)41-34-15-6-7-16-35(34)43-40/h1-24H. The van der Waals surface area contributed by atoms with E-state index in [4.69, 9.17) is 19.9 Å². The highest BCUT2D eigenvalue weighted by Crippen LogP contribution is 2.36. The van der Waals surface area contributed by atoms with Crippen molar-refractivity contribution in [2.24, 2.45) is 0 Å². The van der Waals surface area contributed by atoms with Crippen molar-refractivity contribution in [1.82, 2.24) is 19.9 Å². The van der Waals surface area contributed by atoms with Crippen molar-refractivity contribution >= 4 is 53.7 Å². The molecule has 3 aromatic heterocycles. The van der Waals surface area contributed by atoms with Crippen LogP contribution < -0.4 is 0 Å². The van der Waals surface area contributed by atoms with Gasteiger partial charge < -0.3 is 0 Å². The van der Waals surface area contributed by atoms with Crippen LogP contribution in [0, 0.1) is 0 Å². The molecule has 3 heterocycles. The molecule has 9 aromatic rings. The van der Waals surface area contributed by atoms with Crippen LogP contribution in [0.5, 0.6) is 0 Å². The second-order valence-corrected chi connectivity index (χ2v) is 12.1. The van der Waals surface area contributed by atoms with Crippen LogP contribution in [-0.4, -0.2) is 19.9 Å². The second kappa shape index (κ2) is 10.4. The number of hydrogen-bond donors (Lipinski definition) is 0. The van der Waals surface area contributed by atoms with Crippen LogP contribution >= 0.6 is 11.3 Å². The van der Waals surface area contributed by atoms with Crippen molar-refractivity contribution in [3.05, 3.63) is 146 Å². The molecular formula is C40H24N4S. The van der Waals surface area contributed by atoms with Crippen LogP contribution in [0.25, 0.3) is 87.3 Å². The van der Waals surface area contributed by atoms with E-state index in [0.717, 1.165) is 71.4 Å². The summed E-state index contributed by atoms with van der Waals surface area (Å²) in [6.07, 6.45) is 0. The van der Waals surface area contributed by atoms with E-state index in [1.165, 1.54) is 15.8 Å². The molecule has 0 aliphatic heterocycles. The highest BCUT2D eigenvalue weighted by atomic mass is 32.1. The van der Waals surface area contributed by atoms with Gasteiger partial charge in [-0.2, -0.15) is 0 Å². The van der Waals surface area contributed by atoms with Crippen molar-refractivity contribution in [3.63, 3.8) is 0 Å². The van der Waals surface area contributed by atoms with E-state index >= 15 is 0 Å². The number of aromatic nitrogens is 4. The van der Waals surface area contributed by atoms with E-state index in [2.05, 4.69) is 91.0 Å². The maximum atomic E-state index is 5.07. The zero-order chi connectivity index (χ0) is 29.7. The summed E-state index contributed by atoms with van der Waals surface area (Å²) >= 11 is 1.70. The Hall–Kier alpha value is -5.78. The molecule has 5 heteroatoms. The van der Waals surface area contributed by atoms with Gasteiger partial charge in [-0.3, -0.25) is 0 Å². The van der Waals surface area contributed by atoms with E-state index in [1.54, 1.807) is 11.3 Å². The molecule has 45 heavy (non-hydrogen) atoms. The maximum absolute atomic E-state index is 5.07. The third-order valence-corrected chi connectivity index (χ3v) is 9.34. The molecule has 0 spiro atoms. The number of para-hydroxylation sites is 3. The minimum atomic E-state index is 0.722. The maximum Gasteiger partial charge on any atom is 0.160 e. The van der Waals surface area contributed by atoms with Crippen molar-refractivity contribution in [3.8, 4) is 44.9 Å². The van der Waals surface area contributed by atoms with Gasteiger partial charge in [-0.15, -0.1) is 11.3 Å². The van der Waals surface area contributed by atoms with Gasteiger partial charge in [0.25, 0.3) is 0 Å². The van der Waals surface area contributed by atoms with Crippen molar-refractivity contribution < 1.29 is 0 Å². The zero-order valence-electron chi connectivity index (χ0n) is 24.1. The summed E-state index contributed by atoms with van der Waals surface area (Å²) < 4.78 is 1.19. The average molecular weight is 593 g/mol. The van der Waals surface area contributed by atoms with Gasteiger partial charge >= 0.3 is 0 Å². The number of thiophene rings is 1. The molecule has 6 aromatic carbocycles. The first kappa shape index (κ1) is 25.7. The number of benzene rings is 6. The molecule has 0 saturated heterocycles. The molecule has 0 saturated carbocycles. The predicted octanol–water partition coefficient (Wildman–Crippen LogP) is 10.6. The molecule has 4 nitrogen and oxygen atoms in total. The molecule has 0 aliphatic carbocycles. The van der Waals surface area contributed by atoms with Gasteiger partial charge in [0.2, 0.25) is 0 Å². The molecule has 0 fully saturated rings. The van der Waals surface area contributed by atoms with E-state index in [-0.39, 0.29) is 0 Å². The van der Waals surface area contributed by atoms with Crippen LogP contribution in [0.3, 0.4) is 0 Å². The Labute approximate surface area is 263 Å². The van der Waals surface area contributed by atoms with Crippen molar-refractivity contribution in [2.45, 2.75) is 0 Å². The van der Waals surface area contributed by atoms with Gasteiger partial charge in [-0.05, 0) is 52.6 Å². The van der Waals surface area contributed by atoms with Gasteiger partial charge in [0.15, 0.2) is 5.82 Å². The highest BCUT2D eigenvalue weighted by Gasteiger charge is 2.13. The van der Waals surface area contributed by atoms with Gasteiger partial charge in [0.1, 0.15) is 10.3 Å². The lowest BCUT2D eigenvalue weighted by atomic mass is 9.98. The lowest BCUT2D eigenvalue weighted by molar-refractivity contribution is 1.23. The van der Waals surface area contributed by atoms with E-state index in [9.17, 15) is 0 Å². The first-order valence-corrected chi connectivity index (χ1v) is 15.7. The number of hydrogen-bond acceptors (Lipinski definition) is 5. The minimum absolute atomic E-state index is 0.722. The number of rotatable bonds is 4. The van der Waals surface area contributed by atoms with E-state index in [1.807, 2.05) is 54.6 Å². The lowest BCUT2D eigenvalue weighted by Crippen LogP contribution is -1.95. The van der Waals surface area contributed by atoms with Crippen molar-refractivity contribution in [2.75, 3.05) is 0 Å². The van der Waals surface area contributed by atoms with Gasteiger partial charge in [-0.1, -0.05) is 115 Å². The Bertz CT molecular complexity index is 2540. The fourth-order valence-corrected chi connectivity index (χ4v) is 7.10. The van der Waals surface area contributed by atoms with Crippen LogP contribution in [0.1, 0.15) is 0 Å². The molecule has 0 radical (unpaired) electrons. The smallest absolute Gasteiger partial charge is 0.160 e. The van der Waals surface area contributed by atoms with Crippen LogP contribution in [-0.2, 0) is 0 Å². The summed E-state index contributed by atoms with van der Waals surface area (Å²) in [4.78, 5) is 20.8. The van der Waals surface area contributed by atoms with Gasteiger partial charge in [-0.25, -0.2) is 19.9 Å². The largest absolute Gasteiger partial charge is 0.243 e. The SMILES string of the molecule is c1ccc(-c2nc(-c3cccc(-c4ccc(-c5ccc6c(c5)sc5nc7ccccc7nc56)cc4)c3)nc3ccccc23)cc1. The fourth-order valence-electron chi connectivity index (χ4n) is 6.03. The summed E-state index contributed by atoms with van der Waals surface area (Å²) in [5, 5.41) is 2.20. The van der Waals surface area contributed by atoms with Gasteiger partial charge in [0.05, 0.1) is 22.2 Å². The Kier molecular flexibility index (Phi) is 5.96. The summed E-state index contributed by atoms with van der Waals surface area (Å²) in [6.45, 7) is 0. The molecule has 0 bridgehead atoms. The normalized spacial score (nSPS) is 11.6. The monoisotopic (exact) mass is 592 g/mol. The summed E-state index contributed by atoms with van der Waals surface area (Å²) in [5.74, 6) is 0.722. The number of fused-ring (bicyclic) bond motifs is 5. The van der Waals surface area contributed by atoms with Crippen LogP contribution in [0.2, 0.25) is 0 Å². The van der Waals surface area contributed by atoms with E-state index < -0.39 is 0 Å². The summed E-state index contributed by atoms with van der Waals surface area (Å²) in [6, 6.07) is 50.5. The Morgan fingerprint density at radius 1 is 0.378 bits per heavy atom. The van der Waals surface area contributed by atoms with E-state index in [0.29, 0.717) is 0 Å². The second-order valence-electron chi connectivity index (χ2n) is 11.1. The average Bonchev–Trinajstić information content (AvgIpc) is 3.47. The summed E-state index contributed by atoms with van der Waals surface area (Å²) in [7, 11) is 0. The summed E-state index contributed by atoms with van der Waals surface area (Å²) in [5.41, 5.74) is 11.4. The molecule has 9 rings (SSSR count). The first-order valence-electron chi connectivity index (χ1n) is 14.9. The Morgan fingerprint density at radius 2 is 1.00 bits per heavy atom. The quantitative estimate of drug-likeness (QED) is 0.204. The lowest BCUT2D eigenvalue weighted by Gasteiger charge is -2.11. The molecule has 0 unspecified atom stereocenters. The third-order valence-electron chi connectivity index (χ3n) is 8.30. The van der Waals surface area contributed by atoms with Crippen LogP contribution in [0.15, 0.2) is 146 Å². The first-order chi connectivity index (χ1) is 22.3. The predicted molar refractivity (Wildman–Crippen MR) is 187 cm³/mol. The highest BCUT2D eigenvalue weighted by molar-refractivity contribution is 7.25. The van der Waals surface area contributed by atoms with Crippen LogP contribution in [0.4, 0.5) is 0 Å². The fraction of sp³-hybridized carbons (Fsp3) is 0. The minimum Gasteiger partial charge on any atom is -0.243 e. The van der Waals surface area contributed by atoms with Gasteiger partial charge in [0, 0.05) is 26.6 Å². The molecule has 0 atom stereocenters. The molecule has 0 N–H and O–H groups in total. The molecule has 210 valence electrons. The molecule has 0 aliphatic rings. The zero-order valence-corrected chi connectivity index (χ0v) is 24.9. The van der Waals surface area contributed by atoms with Crippen molar-refractivity contribution in [1.29, 1.82) is 0 Å². The Morgan fingerprint density at radius 3 is 1.80 bits per heavy atom. The Balaban J connectivity index is 1.06.